The lowest BCUT2D eigenvalue weighted by Gasteiger charge is -2.20. The molecular formula is C38H32F3N3O3. The van der Waals surface area contributed by atoms with Crippen LogP contribution in [-0.2, 0) is 11.2 Å². The highest BCUT2D eigenvalue weighted by Crippen LogP contribution is 2.47. The van der Waals surface area contributed by atoms with Crippen LogP contribution in [0, 0.1) is 0 Å². The maximum Gasteiger partial charge on any atom is 0.405 e. The minimum absolute atomic E-state index is 0.297. The summed E-state index contributed by atoms with van der Waals surface area (Å²) in [6, 6.07) is 34.5. The van der Waals surface area contributed by atoms with Crippen molar-refractivity contribution >= 4 is 11.8 Å². The maximum absolute atomic E-state index is 13.7. The summed E-state index contributed by atoms with van der Waals surface area (Å²) in [6.07, 6.45) is -0.985. The van der Waals surface area contributed by atoms with Crippen molar-refractivity contribution in [3.63, 3.8) is 0 Å². The van der Waals surface area contributed by atoms with Gasteiger partial charge >= 0.3 is 6.18 Å². The molecule has 238 valence electrons. The Hall–Kier alpha value is -5.44. The van der Waals surface area contributed by atoms with Crippen molar-refractivity contribution < 1.29 is 27.5 Å². The summed E-state index contributed by atoms with van der Waals surface area (Å²) in [5.41, 5.74) is 5.18. The number of nitrogens with zero attached hydrogens (tertiary/aromatic N) is 1. The molecule has 6 rings (SSSR count). The number of aryl methyl sites for hydroxylation is 1. The van der Waals surface area contributed by atoms with Crippen LogP contribution in [0.3, 0.4) is 0 Å². The van der Waals surface area contributed by atoms with E-state index in [0.717, 1.165) is 16.7 Å². The van der Waals surface area contributed by atoms with Gasteiger partial charge in [-0.15, -0.1) is 0 Å². The lowest BCUT2D eigenvalue weighted by Crippen LogP contribution is -2.36. The molecule has 1 heterocycles. The molecule has 47 heavy (non-hydrogen) atoms. The Labute approximate surface area is 270 Å². The van der Waals surface area contributed by atoms with Gasteiger partial charge in [0.05, 0.1) is 23.2 Å². The molecule has 4 aromatic carbocycles. The number of pyridine rings is 1. The molecule has 2 atom stereocenters. The van der Waals surface area contributed by atoms with Gasteiger partial charge in [0.2, 0.25) is 5.91 Å². The Morgan fingerprint density at radius 3 is 2.32 bits per heavy atom. The summed E-state index contributed by atoms with van der Waals surface area (Å²) >= 11 is 0. The molecule has 2 unspecified atom stereocenters. The fourth-order valence-electron chi connectivity index (χ4n) is 6.08. The van der Waals surface area contributed by atoms with Crippen molar-refractivity contribution in [1.82, 2.24) is 15.6 Å². The van der Waals surface area contributed by atoms with Crippen LogP contribution < -0.4 is 15.4 Å². The van der Waals surface area contributed by atoms with Gasteiger partial charge < -0.3 is 15.4 Å². The molecule has 2 N–H and O–H groups in total. The molecule has 1 aliphatic rings. The van der Waals surface area contributed by atoms with E-state index in [1.165, 1.54) is 0 Å². The van der Waals surface area contributed by atoms with Gasteiger partial charge in [0.15, 0.2) is 0 Å². The molecule has 0 aliphatic heterocycles. The predicted molar refractivity (Wildman–Crippen MR) is 173 cm³/mol. The third kappa shape index (κ3) is 7.35. The van der Waals surface area contributed by atoms with E-state index in [-0.39, 0.29) is 5.91 Å². The Bertz CT molecular complexity index is 1860. The monoisotopic (exact) mass is 635 g/mol. The minimum atomic E-state index is -4.50. The number of ether oxygens (including phenoxy) is 1. The molecule has 0 bridgehead atoms. The van der Waals surface area contributed by atoms with Crippen LogP contribution in [0.1, 0.15) is 57.5 Å². The second kappa shape index (κ2) is 13.9. The van der Waals surface area contributed by atoms with Crippen molar-refractivity contribution in [3.8, 4) is 22.6 Å². The third-order valence-electron chi connectivity index (χ3n) is 8.15. The van der Waals surface area contributed by atoms with E-state index in [9.17, 15) is 22.8 Å². The first kappa shape index (κ1) is 31.5. The number of carbonyl (C=O) groups excluding carboxylic acids is 2. The van der Waals surface area contributed by atoms with E-state index in [4.69, 9.17) is 4.74 Å². The minimum Gasteiger partial charge on any atom is -0.457 e. The Morgan fingerprint density at radius 2 is 1.53 bits per heavy atom. The number of carbonyl (C=O) groups is 2. The molecule has 0 saturated heterocycles. The summed E-state index contributed by atoms with van der Waals surface area (Å²) in [4.78, 5) is 31.2. The molecule has 5 aromatic rings. The van der Waals surface area contributed by atoms with E-state index in [2.05, 4.69) is 15.6 Å². The first-order valence-corrected chi connectivity index (χ1v) is 15.4. The number of hydrogen-bond donors (Lipinski definition) is 2. The molecule has 2 amide bonds. The van der Waals surface area contributed by atoms with Gasteiger partial charge in [-0.2, -0.15) is 13.2 Å². The molecule has 9 heteroatoms. The van der Waals surface area contributed by atoms with Gasteiger partial charge in [0, 0.05) is 6.20 Å². The number of para-hydroxylation sites is 2. The van der Waals surface area contributed by atoms with Gasteiger partial charge in [-0.05, 0) is 83.5 Å². The van der Waals surface area contributed by atoms with Crippen LogP contribution in [-0.4, -0.2) is 29.5 Å². The van der Waals surface area contributed by atoms with Crippen LogP contribution in [0.2, 0.25) is 0 Å². The summed E-state index contributed by atoms with van der Waals surface area (Å²) in [6.45, 7) is -1.39. The number of alkyl halides is 3. The Kier molecular flexibility index (Phi) is 9.33. The second-order valence-corrected chi connectivity index (χ2v) is 11.3. The quantitative estimate of drug-likeness (QED) is 0.154. The molecular weight excluding hydrogens is 603 g/mol. The highest BCUT2D eigenvalue weighted by Gasteiger charge is 2.37. The maximum atomic E-state index is 13.7. The number of benzene rings is 4. The van der Waals surface area contributed by atoms with Gasteiger partial charge in [-0.1, -0.05) is 78.9 Å². The first-order valence-electron chi connectivity index (χ1n) is 15.4. The number of fused-ring (bicyclic) bond motifs is 3. The fraction of sp³-hybridized carbons (Fsp3) is 0.184. The third-order valence-corrected chi connectivity index (χ3v) is 8.15. The van der Waals surface area contributed by atoms with Crippen molar-refractivity contribution in [3.05, 3.63) is 149 Å². The van der Waals surface area contributed by atoms with Gasteiger partial charge in [0.1, 0.15) is 18.0 Å². The Balaban J connectivity index is 1.21. The van der Waals surface area contributed by atoms with Crippen molar-refractivity contribution in [2.24, 2.45) is 0 Å². The molecule has 6 nitrogen and oxygen atoms in total. The summed E-state index contributed by atoms with van der Waals surface area (Å²) in [5, 5.41) is 5.22. The largest absolute Gasteiger partial charge is 0.457 e. The van der Waals surface area contributed by atoms with E-state index in [1.54, 1.807) is 36.5 Å². The highest BCUT2D eigenvalue weighted by molar-refractivity contribution is 5.98. The average Bonchev–Trinajstić information content (AvgIpc) is 3.43. The summed E-state index contributed by atoms with van der Waals surface area (Å²) in [5.74, 6) is -0.758. The fourth-order valence-corrected chi connectivity index (χ4v) is 6.08. The number of amides is 2. The van der Waals surface area contributed by atoms with Crippen LogP contribution in [0.5, 0.6) is 11.5 Å². The van der Waals surface area contributed by atoms with Crippen molar-refractivity contribution in [2.75, 3.05) is 6.54 Å². The second-order valence-electron chi connectivity index (χ2n) is 11.3. The lowest BCUT2D eigenvalue weighted by atomic mass is 9.92. The van der Waals surface area contributed by atoms with E-state index in [0.29, 0.717) is 53.1 Å². The number of nitrogens with one attached hydrogen (secondary N) is 2. The van der Waals surface area contributed by atoms with Crippen molar-refractivity contribution in [2.45, 2.75) is 37.4 Å². The predicted octanol–water partition coefficient (Wildman–Crippen LogP) is 8.16. The number of rotatable bonds is 11. The summed E-state index contributed by atoms with van der Waals surface area (Å²) < 4.78 is 44.8. The summed E-state index contributed by atoms with van der Waals surface area (Å²) in [7, 11) is 0. The van der Waals surface area contributed by atoms with Crippen LogP contribution >= 0.6 is 0 Å². The van der Waals surface area contributed by atoms with E-state index >= 15 is 0 Å². The van der Waals surface area contributed by atoms with Gasteiger partial charge in [-0.25, -0.2) is 0 Å². The topological polar surface area (TPSA) is 80.3 Å². The molecule has 1 aliphatic carbocycles. The first-order chi connectivity index (χ1) is 22.8. The van der Waals surface area contributed by atoms with Gasteiger partial charge in [-0.3, -0.25) is 14.6 Å². The number of hydrogen-bond acceptors (Lipinski definition) is 4. The average molecular weight is 636 g/mol. The molecule has 0 saturated carbocycles. The van der Waals surface area contributed by atoms with Crippen molar-refractivity contribution in [1.29, 1.82) is 0 Å². The SMILES string of the molecule is O=C(NC(CCCc1cccc2c1-c1ccccc1C2C(=O)NCC(F)(F)F)c1ccccn1)c1ccccc1Oc1ccccc1. The Morgan fingerprint density at radius 1 is 0.809 bits per heavy atom. The lowest BCUT2D eigenvalue weighted by molar-refractivity contribution is -0.138. The van der Waals surface area contributed by atoms with Crippen LogP contribution in [0.4, 0.5) is 13.2 Å². The smallest absolute Gasteiger partial charge is 0.405 e. The number of halogens is 3. The van der Waals surface area contributed by atoms with Crippen LogP contribution in [0.15, 0.2) is 121 Å². The zero-order valence-corrected chi connectivity index (χ0v) is 25.3. The number of aromatic nitrogens is 1. The zero-order valence-electron chi connectivity index (χ0n) is 25.3. The standard InChI is InChI=1S/C38H32F3N3O3/c39-38(40,41)24-43-37(46)35-28-17-5-4-16-27(28)34-25(12-10-19-30(34)35)13-11-21-32(31-20-8-9-23-42-31)44-36(45)29-18-6-7-22-33(29)47-26-14-2-1-3-15-26/h1-10,12,14-20,22-23,32,35H,11,13,21,24H2,(H,43,46)(H,44,45). The molecule has 0 spiro atoms. The van der Waals surface area contributed by atoms with Crippen LogP contribution in [0.25, 0.3) is 11.1 Å². The zero-order chi connectivity index (χ0) is 32.8. The van der Waals surface area contributed by atoms with Gasteiger partial charge in [0.25, 0.3) is 5.91 Å². The van der Waals surface area contributed by atoms with E-state index < -0.39 is 30.6 Å². The normalized spacial score (nSPS) is 14.1. The highest BCUT2D eigenvalue weighted by atomic mass is 19.4. The molecule has 1 aromatic heterocycles. The van der Waals surface area contributed by atoms with E-state index in [1.807, 2.05) is 84.9 Å². The molecule has 0 radical (unpaired) electrons. The molecule has 0 fully saturated rings.